The molecule has 0 aromatic heterocycles. The highest BCUT2D eigenvalue weighted by Crippen LogP contribution is 2.12. The Hall–Kier alpha value is -1.62. The number of amides is 1. The molecule has 1 atom stereocenters. The van der Waals surface area contributed by atoms with E-state index in [0.29, 0.717) is 38.4 Å². The average Bonchev–Trinajstić information content (AvgIpc) is 2.94. The zero-order valence-electron chi connectivity index (χ0n) is 25.2. The van der Waals surface area contributed by atoms with Crippen molar-refractivity contribution in [1.29, 1.82) is 0 Å². The molecule has 4 N–H and O–H groups in total. The van der Waals surface area contributed by atoms with Gasteiger partial charge in [-0.3, -0.25) is 14.4 Å². The van der Waals surface area contributed by atoms with Crippen molar-refractivity contribution in [2.75, 3.05) is 58.0 Å². The molecule has 234 valence electrons. The molecule has 0 saturated carbocycles. The van der Waals surface area contributed by atoms with E-state index >= 15 is 0 Å². The molecule has 0 rings (SSSR count). The van der Waals surface area contributed by atoms with Crippen LogP contribution in [0.15, 0.2) is 12.2 Å². The fraction of sp³-hybridized carbons (Fsp3) is 0.833. The van der Waals surface area contributed by atoms with E-state index in [1.54, 1.807) is 11.8 Å². The van der Waals surface area contributed by atoms with Gasteiger partial charge in [0.2, 0.25) is 5.91 Å². The van der Waals surface area contributed by atoms with Gasteiger partial charge >= 0.3 is 11.9 Å². The van der Waals surface area contributed by atoms with E-state index in [-0.39, 0.29) is 31.1 Å². The van der Waals surface area contributed by atoms with Crippen LogP contribution in [0.3, 0.4) is 0 Å². The third-order valence-corrected chi connectivity index (χ3v) is 7.43. The minimum absolute atomic E-state index is 0.00653. The Morgan fingerprint density at radius 1 is 0.925 bits per heavy atom. The molecule has 0 aliphatic carbocycles. The van der Waals surface area contributed by atoms with Gasteiger partial charge in [-0.15, -0.1) is 0 Å². The van der Waals surface area contributed by atoms with Crippen LogP contribution in [-0.2, 0) is 23.9 Å². The van der Waals surface area contributed by atoms with E-state index in [1.807, 2.05) is 18.0 Å². The molecular formula is C30H57N3O6S. The molecular weight excluding hydrogens is 530 g/mol. The maximum Gasteiger partial charge on any atom is 0.319 e. The van der Waals surface area contributed by atoms with Crippen molar-refractivity contribution in [3.05, 3.63) is 12.2 Å². The van der Waals surface area contributed by atoms with E-state index in [1.165, 1.54) is 32.1 Å². The van der Waals surface area contributed by atoms with Crippen molar-refractivity contribution in [3.63, 3.8) is 0 Å². The van der Waals surface area contributed by atoms with Crippen molar-refractivity contribution < 1.29 is 29.0 Å². The fourth-order valence-corrected chi connectivity index (χ4v) is 4.93. The number of ether oxygens (including phenoxy) is 2. The van der Waals surface area contributed by atoms with E-state index < -0.39 is 5.97 Å². The smallest absolute Gasteiger partial charge is 0.319 e. The van der Waals surface area contributed by atoms with Crippen LogP contribution in [-0.4, -0.2) is 91.9 Å². The number of thioether (sulfide) groups is 1. The van der Waals surface area contributed by atoms with E-state index in [0.717, 1.165) is 57.2 Å². The molecule has 0 aromatic carbocycles. The van der Waals surface area contributed by atoms with Gasteiger partial charge in [0.1, 0.15) is 6.61 Å². The monoisotopic (exact) mass is 587 g/mol. The molecule has 1 unspecified atom stereocenters. The summed E-state index contributed by atoms with van der Waals surface area (Å²) in [5.41, 5.74) is 5.27. The van der Waals surface area contributed by atoms with Crippen molar-refractivity contribution in [3.8, 4) is 0 Å². The van der Waals surface area contributed by atoms with Gasteiger partial charge in [0, 0.05) is 31.3 Å². The summed E-state index contributed by atoms with van der Waals surface area (Å²) in [6.07, 6.45) is 17.7. The predicted octanol–water partition coefficient (Wildman–Crippen LogP) is 4.21. The van der Waals surface area contributed by atoms with Crippen LogP contribution in [0.5, 0.6) is 0 Å². The summed E-state index contributed by atoms with van der Waals surface area (Å²) in [7, 11) is 1.95. The number of hydrogen-bond acceptors (Lipinski definition) is 9. The largest absolute Gasteiger partial charge is 0.465 e. The number of likely N-dealkylation sites (N-methyl/N-ethyl adjacent to an activating group) is 1. The first-order valence-corrected chi connectivity index (χ1v) is 16.4. The number of aliphatic hydroxyl groups excluding tert-OH is 1. The summed E-state index contributed by atoms with van der Waals surface area (Å²) in [6, 6.07) is 0.0186. The molecule has 0 bridgehead atoms. The zero-order chi connectivity index (χ0) is 29.7. The van der Waals surface area contributed by atoms with Crippen LogP contribution in [0.25, 0.3) is 0 Å². The van der Waals surface area contributed by atoms with Crippen molar-refractivity contribution in [2.45, 2.75) is 103 Å². The van der Waals surface area contributed by atoms with E-state index in [2.05, 4.69) is 18.3 Å². The number of esters is 2. The van der Waals surface area contributed by atoms with Gasteiger partial charge in [-0.1, -0.05) is 64.0 Å². The molecule has 40 heavy (non-hydrogen) atoms. The fourth-order valence-electron chi connectivity index (χ4n) is 4.08. The lowest BCUT2D eigenvalue weighted by Crippen LogP contribution is -2.36. The topological polar surface area (TPSA) is 131 Å². The Kier molecular flexibility index (Phi) is 27.7. The normalized spacial score (nSPS) is 12.1. The van der Waals surface area contributed by atoms with Crippen LogP contribution < -0.4 is 11.1 Å². The van der Waals surface area contributed by atoms with Gasteiger partial charge < -0.3 is 30.5 Å². The third kappa shape index (κ3) is 26.6. The number of hydrogen-bond donors (Lipinski definition) is 3. The predicted molar refractivity (Wildman–Crippen MR) is 164 cm³/mol. The number of nitrogens with one attached hydrogen (secondary N) is 1. The first-order chi connectivity index (χ1) is 19.4. The van der Waals surface area contributed by atoms with Crippen LogP contribution in [0.1, 0.15) is 96.8 Å². The minimum Gasteiger partial charge on any atom is -0.465 e. The van der Waals surface area contributed by atoms with Crippen LogP contribution >= 0.6 is 11.8 Å². The molecule has 0 aromatic rings. The highest BCUT2D eigenvalue weighted by molar-refractivity contribution is 7.99. The molecule has 0 spiro atoms. The highest BCUT2D eigenvalue weighted by atomic mass is 32.2. The summed E-state index contributed by atoms with van der Waals surface area (Å²) in [5.74, 6) is 0.649. The van der Waals surface area contributed by atoms with Gasteiger partial charge in [0.05, 0.1) is 25.5 Å². The van der Waals surface area contributed by atoms with Crippen molar-refractivity contribution in [1.82, 2.24) is 10.2 Å². The average molecular weight is 588 g/mol. The second kappa shape index (κ2) is 28.9. The molecule has 0 heterocycles. The van der Waals surface area contributed by atoms with Gasteiger partial charge in [-0.25, -0.2) is 0 Å². The van der Waals surface area contributed by atoms with Crippen LogP contribution in [0, 0.1) is 0 Å². The number of nitrogens with two attached hydrogens (primary N) is 1. The number of rotatable bonds is 28. The molecule has 0 aliphatic heterocycles. The minimum atomic E-state index is -0.421. The number of aliphatic hydroxyl groups is 1. The maximum atomic E-state index is 12.5. The second-order valence-electron chi connectivity index (χ2n) is 10.2. The molecule has 9 nitrogen and oxygen atoms in total. The highest BCUT2D eigenvalue weighted by Gasteiger charge is 2.13. The summed E-state index contributed by atoms with van der Waals surface area (Å²) in [4.78, 5) is 37.7. The molecule has 0 saturated heterocycles. The Bertz CT molecular complexity index is 665. The summed E-state index contributed by atoms with van der Waals surface area (Å²) < 4.78 is 10.4. The van der Waals surface area contributed by atoms with Crippen molar-refractivity contribution >= 4 is 29.6 Å². The zero-order valence-corrected chi connectivity index (χ0v) is 26.0. The Morgan fingerprint density at radius 2 is 1.65 bits per heavy atom. The summed E-state index contributed by atoms with van der Waals surface area (Å²) in [5, 5.41) is 12.1. The number of unbranched alkanes of at least 4 members (excludes halogenated alkanes) is 8. The number of carbonyl (C=O) groups excluding carboxylic acids is 3. The SMILES string of the molecule is CCCCCCC/C=C/COC(=O)CCCCCCC(CCCOC(=O)CN)NC(=O)CSCCN(C)CCO. The number of carbonyl (C=O) groups is 3. The summed E-state index contributed by atoms with van der Waals surface area (Å²) in [6.45, 7) is 4.31. The Morgan fingerprint density at radius 3 is 2.40 bits per heavy atom. The summed E-state index contributed by atoms with van der Waals surface area (Å²) >= 11 is 1.58. The lowest BCUT2D eigenvalue weighted by molar-refractivity contribution is -0.143. The number of allylic oxidation sites excluding steroid dienone is 1. The standard InChI is InChI=1S/C30H57N3O6S/c1-3-4-5-6-7-8-11-14-22-38-29(36)18-13-10-9-12-16-27(17-15-23-39-30(37)25-31)32-28(35)26-40-24-20-33(2)19-21-34/h11,14,27,34H,3-10,12-13,15-26,31H2,1-2H3,(H,32,35)/b14-11+. The van der Waals surface area contributed by atoms with E-state index in [4.69, 9.17) is 20.3 Å². The number of nitrogens with zero attached hydrogens (tertiary/aromatic N) is 1. The molecule has 1 amide bonds. The molecule has 0 fully saturated rings. The van der Waals surface area contributed by atoms with Crippen LogP contribution in [0.2, 0.25) is 0 Å². The van der Waals surface area contributed by atoms with E-state index in [9.17, 15) is 14.4 Å². The van der Waals surface area contributed by atoms with Gasteiger partial charge in [0.25, 0.3) is 0 Å². The maximum absolute atomic E-state index is 12.5. The quantitative estimate of drug-likeness (QED) is 0.0700. The first kappa shape index (κ1) is 38.4. The molecule has 10 heteroatoms. The third-order valence-electron chi connectivity index (χ3n) is 6.49. The molecule has 0 radical (unpaired) electrons. The lowest BCUT2D eigenvalue weighted by atomic mass is 10.0. The van der Waals surface area contributed by atoms with Gasteiger partial charge in [0.15, 0.2) is 0 Å². The first-order valence-electron chi connectivity index (χ1n) is 15.3. The Balaban J connectivity index is 4.12. The lowest BCUT2D eigenvalue weighted by Gasteiger charge is -2.19. The van der Waals surface area contributed by atoms with Crippen molar-refractivity contribution in [2.24, 2.45) is 5.73 Å². The molecule has 0 aliphatic rings. The van der Waals surface area contributed by atoms with Crippen LogP contribution in [0.4, 0.5) is 0 Å². The second-order valence-corrected chi connectivity index (χ2v) is 11.3. The van der Waals surface area contributed by atoms with Gasteiger partial charge in [-0.2, -0.15) is 11.8 Å². The Labute approximate surface area is 247 Å². The van der Waals surface area contributed by atoms with Gasteiger partial charge in [-0.05, 0) is 45.6 Å².